The van der Waals surface area contributed by atoms with Crippen molar-refractivity contribution in [3.63, 3.8) is 0 Å². The van der Waals surface area contributed by atoms with E-state index < -0.39 is 0 Å². The first-order valence-corrected chi connectivity index (χ1v) is 9.07. The number of hydrogen-bond donors (Lipinski definition) is 1. The molecule has 3 aromatic rings. The molecule has 118 valence electrons. The van der Waals surface area contributed by atoms with Crippen LogP contribution in [0.3, 0.4) is 0 Å². The summed E-state index contributed by atoms with van der Waals surface area (Å²) in [6.07, 6.45) is 2.03. The first-order chi connectivity index (χ1) is 11.1. The maximum Gasteiger partial charge on any atom is 0.263 e. The maximum atomic E-state index is 12.9. The number of fused-ring (bicyclic) bond motifs is 1. The van der Waals surface area contributed by atoms with Gasteiger partial charge in [0.25, 0.3) is 5.56 Å². The third-order valence-corrected chi connectivity index (χ3v) is 6.24. The molecule has 2 aromatic heterocycles. The van der Waals surface area contributed by atoms with Gasteiger partial charge < -0.3 is 4.98 Å². The molecule has 0 radical (unpaired) electrons. The molecule has 23 heavy (non-hydrogen) atoms. The molecule has 5 heteroatoms. The van der Waals surface area contributed by atoms with Crippen molar-refractivity contribution in [2.45, 2.75) is 32.7 Å². The van der Waals surface area contributed by atoms with E-state index in [9.17, 15) is 4.79 Å². The average molecular weight is 342 g/mol. The van der Waals surface area contributed by atoms with Crippen LogP contribution >= 0.6 is 23.6 Å². The van der Waals surface area contributed by atoms with Gasteiger partial charge in [-0.1, -0.05) is 30.3 Å². The predicted octanol–water partition coefficient (Wildman–Crippen LogP) is 4.54. The highest BCUT2D eigenvalue weighted by molar-refractivity contribution is 7.71. The van der Waals surface area contributed by atoms with Gasteiger partial charge in [-0.15, -0.1) is 11.3 Å². The van der Waals surface area contributed by atoms with Gasteiger partial charge in [-0.3, -0.25) is 9.36 Å². The number of aryl methyl sites for hydroxylation is 2. The number of nitrogens with zero attached hydrogens (tertiary/aromatic N) is 1. The Morgan fingerprint density at radius 1 is 1.30 bits per heavy atom. The smallest absolute Gasteiger partial charge is 0.263 e. The van der Waals surface area contributed by atoms with Crippen LogP contribution in [0.1, 0.15) is 28.5 Å². The van der Waals surface area contributed by atoms with Crippen LogP contribution in [0, 0.1) is 24.5 Å². The minimum atomic E-state index is 0.0751. The molecule has 1 aliphatic carbocycles. The van der Waals surface area contributed by atoms with Crippen molar-refractivity contribution in [1.29, 1.82) is 0 Å². The second-order valence-corrected chi connectivity index (χ2v) is 7.96. The van der Waals surface area contributed by atoms with E-state index in [4.69, 9.17) is 12.2 Å². The lowest BCUT2D eigenvalue weighted by molar-refractivity contribution is 0.618. The van der Waals surface area contributed by atoms with Crippen molar-refractivity contribution in [3.8, 4) is 0 Å². The molecule has 3 nitrogen and oxygen atoms in total. The van der Waals surface area contributed by atoms with E-state index in [-0.39, 0.29) is 11.6 Å². The monoisotopic (exact) mass is 342 g/mol. The van der Waals surface area contributed by atoms with Crippen LogP contribution in [0.25, 0.3) is 10.2 Å². The Morgan fingerprint density at radius 3 is 2.78 bits per heavy atom. The second kappa shape index (κ2) is 5.42. The summed E-state index contributed by atoms with van der Waals surface area (Å²) < 4.78 is 2.37. The molecule has 0 amide bonds. The van der Waals surface area contributed by atoms with Crippen LogP contribution in [0.4, 0.5) is 0 Å². The highest BCUT2D eigenvalue weighted by Gasteiger charge is 2.40. The van der Waals surface area contributed by atoms with E-state index in [1.165, 1.54) is 10.4 Å². The summed E-state index contributed by atoms with van der Waals surface area (Å²) >= 11 is 7.08. The molecule has 0 aliphatic heterocycles. The van der Waals surface area contributed by atoms with E-state index in [2.05, 4.69) is 36.2 Å². The summed E-state index contributed by atoms with van der Waals surface area (Å²) in [5, 5.41) is 0.812. The molecule has 1 saturated carbocycles. The van der Waals surface area contributed by atoms with Gasteiger partial charge in [0.15, 0.2) is 4.77 Å². The molecule has 0 saturated heterocycles. The molecule has 1 aliphatic rings. The molecule has 1 aromatic carbocycles. The molecule has 0 spiro atoms. The van der Waals surface area contributed by atoms with Crippen molar-refractivity contribution in [1.82, 2.24) is 9.55 Å². The van der Waals surface area contributed by atoms with Crippen molar-refractivity contribution < 1.29 is 0 Å². The third kappa shape index (κ3) is 2.48. The minimum absolute atomic E-state index is 0.0751. The van der Waals surface area contributed by atoms with Crippen molar-refractivity contribution in [2.24, 2.45) is 5.92 Å². The summed E-state index contributed by atoms with van der Waals surface area (Å²) in [7, 11) is 0. The second-order valence-electron chi connectivity index (χ2n) is 6.35. The molecular formula is C18H18N2OS2. The Balaban J connectivity index is 1.72. The maximum absolute atomic E-state index is 12.9. The van der Waals surface area contributed by atoms with Crippen molar-refractivity contribution in [3.05, 3.63) is 61.5 Å². The summed E-state index contributed by atoms with van der Waals surface area (Å²) in [5.74, 6) is 0.502. The van der Waals surface area contributed by atoms with Gasteiger partial charge in [-0.05, 0) is 56.0 Å². The van der Waals surface area contributed by atoms with Gasteiger partial charge in [-0.25, -0.2) is 0 Å². The quantitative estimate of drug-likeness (QED) is 0.710. The fourth-order valence-corrected chi connectivity index (χ4v) is 4.76. The lowest BCUT2D eigenvalue weighted by Gasteiger charge is -2.07. The van der Waals surface area contributed by atoms with Gasteiger partial charge in [0.05, 0.1) is 5.39 Å². The normalized spacial score (nSPS) is 20.1. The number of benzene rings is 1. The zero-order valence-corrected chi connectivity index (χ0v) is 14.8. The van der Waals surface area contributed by atoms with E-state index in [0.29, 0.717) is 10.7 Å². The van der Waals surface area contributed by atoms with Crippen LogP contribution in [-0.4, -0.2) is 9.55 Å². The van der Waals surface area contributed by atoms with Gasteiger partial charge in [0.2, 0.25) is 0 Å². The van der Waals surface area contributed by atoms with E-state index in [0.717, 1.165) is 28.6 Å². The van der Waals surface area contributed by atoms with Crippen LogP contribution in [0.5, 0.6) is 0 Å². The number of hydrogen-bond acceptors (Lipinski definition) is 3. The average Bonchev–Trinajstić information content (AvgIpc) is 3.19. The van der Waals surface area contributed by atoms with E-state index >= 15 is 0 Å². The number of H-pyrrole nitrogens is 1. The van der Waals surface area contributed by atoms with Gasteiger partial charge >= 0.3 is 0 Å². The molecule has 2 heterocycles. The SMILES string of the molecule is Cc1sc2[nH]c(=S)n([C@@H]3C[C@H]3Cc3ccccc3)c(=O)c2c1C. The Hall–Kier alpha value is -1.72. The first kappa shape index (κ1) is 14.8. The predicted molar refractivity (Wildman–Crippen MR) is 98.0 cm³/mol. The molecule has 2 atom stereocenters. The Kier molecular flexibility index (Phi) is 3.50. The summed E-state index contributed by atoms with van der Waals surface area (Å²) in [4.78, 5) is 18.3. The highest BCUT2D eigenvalue weighted by atomic mass is 32.1. The summed E-state index contributed by atoms with van der Waals surface area (Å²) in [5.41, 5.74) is 2.48. The molecule has 1 fully saturated rings. The molecule has 0 bridgehead atoms. The van der Waals surface area contributed by atoms with Crippen LogP contribution in [-0.2, 0) is 6.42 Å². The largest absolute Gasteiger partial charge is 0.323 e. The Bertz CT molecular complexity index is 998. The lowest BCUT2D eigenvalue weighted by atomic mass is 10.1. The number of nitrogens with one attached hydrogen (secondary N) is 1. The van der Waals surface area contributed by atoms with Crippen molar-refractivity contribution in [2.75, 3.05) is 0 Å². The minimum Gasteiger partial charge on any atom is -0.323 e. The number of rotatable bonds is 3. The fraction of sp³-hybridized carbons (Fsp3) is 0.333. The third-order valence-electron chi connectivity index (χ3n) is 4.81. The van der Waals surface area contributed by atoms with Crippen LogP contribution in [0.15, 0.2) is 35.1 Å². The van der Waals surface area contributed by atoms with E-state index in [1.54, 1.807) is 11.3 Å². The topological polar surface area (TPSA) is 37.8 Å². The zero-order valence-electron chi connectivity index (χ0n) is 13.1. The summed E-state index contributed by atoms with van der Waals surface area (Å²) in [6.45, 7) is 4.07. The standard InChI is InChI=1S/C18H18N2OS2/c1-10-11(2)23-16-15(10)17(21)20(18(22)19-16)14-9-13(14)8-12-6-4-3-5-7-12/h3-7,13-14H,8-9H2,1-2H3,(H,19,22)/t13-,14-/m1/s1. The first-order valence-electron chi connectivity index (χ1n) is 7.84. The molecule has 4 rings (SSSR count). The Labute approximate surface area is 143 Å². The molecule has 0 unspecified atom stereocenters. The van der Waals surface area contributed by atoms with Gasteiger partial charge in [0, 0.05) is 10.9 Å². The lowest BCUT2D eigenvalue weighted by Crippen LogP contribution is -2.22. The number of thiophene rings is 1. The van der Waals surface area contributed by atoms with Crippen molar-refractivity contribution >= 4 is 33.8 Å². The summed E-state index contributed by atoms with van der Waals surface area (Å²) in [6, 6.07) is 10.7. The van der Waals surface area contributed by atoms with Gasteiger partial charge in [0.1, 0.15) is 4.83 Å². The molecule has 1 N–H and O–H groups in total. The van der Waals surface area contributed by atoms with E-state index in [1.807, 2.05) is 17.6 Å². The zero-order chi connectivity index (χ0) is 16.1. The number of aromatic amines is 1. The number of aromatic nitrogens is 2. The van der Waals surface area contributed by atoms with Crippen LogP contribution in [0.2, 0.25) is 0 Å². The van der Waals surface area contributed by atoms with Gasteiger partial charge in [-0.2, -0.15) is 0 Å². The van der Waals surface area contributed by atoms with Crippen LogP contribution < -0.4 is 5.56 Å². The fourth-order valence-electron chi connectivity index (χ4n) is 3.33. The Morgan fingerprint density at radius 2 is 2.04 bits per heavy atom. The highest BCUT2D eigenvalue weighted by Crippen LogP contribution is 2.45. The molecular weight excluding hydrogens is 324 g/mol.